The third-order valence-electron chi connectivity index (χ3n) is 5.12. The molecule has 7 nitrogen and oxygen atoms in total. The number of aromatic nitrogens is 4. The van der Waals surface area contributed by atoms with Gasteiger partial charge in [-0.2, -0.15) is 5.10 Å². The second-order valence-electron chi connectivity index (χ2n) is 7.00. The number of benzene rings is 1. The second kappa shape index (κ2) is 7.11. The van der Waals surface area contributed by atoms with Gasteiger partial charge in [0.2, 0.25) is 0 Å². The summed E-state index contributed by atoms with van der Waals surface area (Å²) in [7, 11) is 1.80. The number of carbonyl (C=O) groups excluding carboxylic acids is 1. The third kappa shape index (κ3) is 3.57. The minimum Gasteiger partial charge on any atom is -0.335 e. The summed E-state index contributed by atoms with van der Waals surface area (Å²) >= 11 is 0. The van der Waals surface area contributed by atoms with Crippen LogP contribution in [0.15, 0.2) is 30.6 Å². The lowest BCUT2D eigenvalue weighted by atomic mass is 10.2. The maximum absolute atomic E-state index is 13.3. The smallest absolute Gasteiger partial charge is 0.272 e. The first-order valence-electron chi connectivity index (χ1n) is 9.14. The van der Waals surface area contributed by atoms with Crippen LogP contribution in [-0.2, 0) is 13.6 Å². The fourth-order valence-electron chi connectivity index (χ4n) is 3.61. The molecule has 0 saturated carbocycles. The van der Waals surface area contributed by atoms with E-state index in [0.29, 0.717) is 24.3 Å². The van der Waals surface area contributed by atoms with Crippen LogP contribution in [0.2, 0.25) is 0 Å². The lowest BCUT2D eigenvalue weighted by Gasteiger charge is -2.34. The summed E-state index contributed by atoms with van der Waals surface area (Å²) in [4.78, 5) is 21.2. The first kappa shape index (κ1) is 17.7. The van der Waals surface area contributed by atoms with Crippen molar-refractivity contribution in [1.29, 1.82) is 0 Å². The number of carbonyl (C=O) groups is 1. The fourth-order valence-corrected chi connectivity index (χ4v) is 3.61. The van der Waals surface area contributed by atoms with E-state index in [-0.39, 0.29) is 11.7 Å². The SMILES string of the molecule is Cc1cc(C(=O)N2CCN(CCn3cnc4cc(F)ccc43)CC2)n(C)n1. The van der Waals surface area contributed by atoms with Crippen LogP contribution in [0.25, 0.3) is 11.0 Å². The minimum absolute atomic E-state index is 0.0420. The molecule has 0 radical (unpaired) electrons. The van der Waals surface area contributed by atoms with E-state index in [1.165, 1.54) is 12.1 Å². The van der Waals surface area contributed by atoms with Gasteiger partial charge in [0, 0.05) is 52.4 Å². The zero-order chi connectivity index (χ0) is 19.0. The van der Waals surface area contributed by atoms with Gasteiger partial charge < -0.3 is 9.47 Å². The Morgan fingerprint density at radius 2 is 1.93 bits per heavy atom. The fraction of sp³-hybridized carbons (Fsp3) is 0.421. The van der Waals surface area contributed by atoms with Crippen LogP contribution in [0, 0.1) is 12.7 Å². The molecule has 0 spiro atoms. The summed E-state index contributed by atoms with van der Waals surface area (Å²) < 4.78 is 17.0. The quantitative estimate of drug-likeness (QED) is 0.701. The monoisotopic (exact) mass is 370 g/mol. The maximum atomic E-state index is 13.3. The average Bonchev–Trinajstić information content (AvgIpc) is 3.21. The Morgan fingerprint density at radius 1 is 1.15 bits per heavy atom. The van der Waals surface area contributed by atoms with E-state index < -0.39 is 0 Å². The van der Waals surface area contributed by atoms with Crippen molar-refractivity contribution in [3.63, 3.8) is 0 Å². The van der Waals surface area contributed by atoms with Crippen molar-refractivity contribution in [3.8, 4) is 0 Å². The molecule has 0 N–H and O–H groups in total. The third-order valence-corrected chi connectivity index (χ3v) is 5.12. The largest absolute Gasteiger partial charge is 0.335 e. The molecule has 0 bridgehead atoms. The maximum Gasteiger partial charge on any atom is 0.272 e. The van der Waals surface area contributed by atoms with E-state index in [1.807, 2.05) is 22.5 Å². The van der Waals surface area contributed by atoms with Gasteiger partial charge in [0.05, 0.1) is 23.1 Å². The van der Waals surface area contributed by atoms with Crippen LogP contribution in [0.3, 0.4) is 0 Å². The zero-order valence-electron chi connectivity index (χ0n) is 15.6. The van der Waals surface area contributed by atoms with E-state index >= 15 is 0 Å². The Balaban J connectivity index is 1.33. The first-order chi connectivity index (χ1) is 13.0. The molecule has 3 aromatic rings. The Bertz CT molecular complexity index is 970. The molecule has 0 atom stereocenters. The van der Waals surface area contributed by atoms with Gasteiger partial charge in [-0.1, -0.05) is 0 Å². The van der Waals surface area contributed by atoms with Crippen molar-refractivity contribution in [2.45, 2.75) is 13.5 Å². The van der Waals surface area contributed by atoms with E-state index in [1.54, 1.807) is 24.1 Å². The topological polar surface area (TPSA) is 59.2 Å². The summed E-state index contributed by atoms with van der Waals surface area (Å²) in [6.45, 7) is 6.64. The Morgan fingerprint density at radius 3 is 2.63 bits per heavy atom. The molecule has 1 aromatic carbocycles. The number of fused-ring (bicyclic) bond motifs is 1. The van der Waals surface area contributed by atoms with Gasteiger partial charge in [0.25, 0.3) is 5.91 Å². The van der Waals surface area contributed by atoms with Gasteiger partial charge in [0.1, 0.15) is 11.5 Å². The van der Waals surface area contributed by atoms with Crippen LogP contribution in [0.5, 0.6) is 0 Å². The molecule has 4 rings (SSSR count). The normalized spacial score (nSPS) is 15.6. The summed E-state index contributed by atoms with van der Waals surface area (Å²) in [6.07, 6.45) is 1.76. The molecule has 2 aromatic heterocycles. The van der Waals surface area contributed by atoms with Crippen LogP contribution < -0.4 is 0 Å². The number of rotatable bonds is 4. The minimum atomic E-state index is -0.267. The van der Waals surface area contributed by atoms with Gasteiger partial charge in [-0.25, -0.2) is 9.37 Å². The summed E-state index contributed by atoms with van der Waals surface area (Å²) in [5.74, 6) is -0.225. The van der Waals surface area contributed by atoms with Gasteiger partial charge >= 0.3 is 0 Å². The molecule has 0 aliphatic carbocycles. The number of piperazine rings is 1. The number of nitrogens with zero attached hydrogens (tertiary/aromatic N) is 6. The van der Waals surface area contributed by atoms with Gasteiger partial charge in [0.15, 0.2) is 0 Å². The van der Waals surface area contributed by atoms with Crippen LogP contribution in [-0.4, -0.2) is 67.8 Å². The standard InChI is InChI=1S/C19H23FN6O/c1-14-11-18(23(2)22-14)19(27)25-8-5-24(6-9-25)7-10-26-13-21-16-12-15(20)3-4-17(16)26/h3-4,11-13H,5-10H2,1-2H3. The predicted octanol–water partition coefficient (Wildman–Crippen LogP) is 1.68. The molecule has 1 saturated heterocycles. The first-order valence-corrected chi connectivity index (χ1v) is 9.14. The number of halogens is 1. The van der Waals surface area contributed by atoms with Crippen molar-refractivity contribution in [2.75, 3.05) is 32.7 Å². The van der Waals surface area contributed by atoms with E-state index in [2.05, 4.69) is 15.0 Å². The molecule has 27 heavy (non-hydrogen) atoms. The van der Waals surface area contributed by atoms with Crippen LogP contribution in [0.4, 0.5) is 4.39 Å². The molecule has 1 aliphatic heterocycles. The molecular weight excluding hydrogens is 347 g/mol. The lowest BCUT2D eigenvalue weighted by molar-refractivity contribution is 0.0623. The molecule has 1 amide bonds. The van der Waals surface area contributed by atoms with Crippen LogP contribution >= 0.6 is 0 Å². The number of amides is 1. The predicted molar refractivity (Wildman–Crippen MR) is 100.0 cm³/mol. The van der Waals surface area contributed by atoms with E-state index in [0.717, 1.165) is 37.4 Å². The number of hydrogen-bond donors (Lipinski definition) is 0. The highest BCUT2D eigenvalue weighted by molar-refractivity contribution is 5.92. The highest BCUT2D eigenvalue weighted by Crippen LogP contribution is 2.15. The van der Waals surface area contributed by atoms with Gasteiger partial charge in [-0.15, -0.1) is 0 Å². The molecule has 8 heteroatoms. The Kier molecular flexibility index (Phi) is 4.65. The molecular formula is C19H23FN6O. The molecule has 0 unspecified atom stereocenters. The summed E-state index contributed by atoms with van der Waals surface area (Å²) in [5, 5.41) is 4.26. The van der Waals surface area contributed by atoms with Crippen molar-refractivity contribution >= 4 is 16.9 Å². The second-order valence-corrected chi connectivity index (χ2v) is 7.00. The zero-order valence-corrected chi connectivity index (χ0v) is 15.6. The number of aryl methyl sites for hydroxylation is 2. The lowest BCUT2D eigenvalue weighted by Crippen LogP contribution is -2.49. The van der Waals surface area contributed by atoms with Crippen molar-refractivity contribution in [1.82, 2.24) is 29.1 Å². The summed E-state index contributed by atoms with van der Waals surface area (Å²) in [5.41, 5.74) is 3.11. The number of hydrogen-bond acceptors (Lipinski definition) is 4. The molecule has 1 fully saturated rings. The summed E-state index contributed by atoms with van der Waals surface area (Å²) in [6, 6.07) is 6.52. The average molecular weight is 370 g/mol. The molecule has 3 heterocycles. The van der Waals surface area contributed by atoms with Crippen molar-refractivity contribution in [3.05, 3.63) is 47.8 Å². The van der Waals surface area contributed by atoms with Gasteiger partial charge in [-0.05, 0) is 25.1 Å². The van der Waals surface area contributed by atoms with E-state index in [4.69, 9.17) is 0 Å². The number of imidazole rings is 1. The van der Waals surface area contributed by atoms with E-state index in [9.17, 15) is 9.18 Å². The van der Waals surface area contributed by atoms with Gasteiger partial charge in [-0.3, -0.25) is 14.4 Å². The Labute approximate surface area is 157 Å². The van der Waals surface area contributed by atoms with Crippen molar-refractivity contribution in [2.24, 2.45) is 7.05 Å². The Hall–Kier alpha value is -2.74. The highest BCUT2D eigenvalue weighted by atomic mass is 19.1. The highest BCUT2D eigenvalue weighted by Gasteiger charge is 2.24. The molecule has 1 aliphatic rings. The molecule has 142 valence electrons. The van der Waals surface area contributed by atoms with Crippen LogP contribution in [0.1, 0.15) is 16.2 Å². The van der Waals surface area contributed by atoms with Crippen molar-refractivity contribution < 1.29 is 9.18 Å².